The fraction of sp³-hybridized carbons (Fsp3) is 0.389. The molecule has 7 nitrogen and oxygen atoms in total. The Labute approximate surface area is 155 Å². The second kappa shape index (κ2) is 6.32. The maximum absolute atomic E-state index is 13.0. The van der Waals surface area contributed by atoms with Gasteiger partial charge in [0.25, 0.3) is 5.91 Å². The molecule has 1 aromatic carbocycles. The van der Waals surface area contributed by atoms with Gasteiger partial charge in [0, 0.05) is 22.7 Å². The molecule has 2 amide bonds. The van der Waals surface area contributed by atoms with Crippen molar-refractivity contribution in [1.82, 2.24) is 20.4 Å². The minimum atomic E-state index is -0.613. The van der Waals surface area contributed by atoms with Gasteiger partial charge in [-0.1, -0.05) is 23.7 Å². The van der Waals surface area contributed by atoms with Crippen LogP contribution in [0.5, 0.6) is 0 Å². The quantitative estimate of drug-likeness (QED) is 0.846. The first kappa shape index (κ1) is 16.9. The molecule has 0 bridgehead atoms. The number of carbonyl (C=O) groups excluding carboxylic acids is 2. The van der Waals surface area contributed by atoms with Gasteiger partial charge in [-0.05, 0) is 31.9 Å². The monoisotopic (exact) mass is 374 g/mol. The molecule has 2 aliphatic rings. The van der Waals surface area contributed by atoms with Crippen LogP contribution in [-0.4, -0.2) is 52.3 Å². The van der Waals surface area contributed by atoms with Crippen LogP contribution in [0.4, 0.5) is 4.79 Å². The Kier molecular flexibility index (Phi) is 4.11. The van der Waals surface area contributed by atoms with Crippen molar-refractivity contribution in [3.8, 4) is 11.3 Å². The third-order valence-electron chi connectivity index (χ3n) is 5.03. The fourth-order valence-electron chi connectivity index (χ4n) is 3.65. The first-order valence-corrected chi connectivity index (χ1v) is 8.92. The van der Waals surface area contributed by atoms with E-state index in [4.69, 9.17) is 16.3 Å². The smallest absolute Gasteiger partial charge is 0.407 e. The van der Waals surface area contributed by atoms with Crippen LogP contribution >= 0.6 is 11.6 Å². The van der Waals surface area contributed by atoms with Crippen molar-refractivity contribution >= 4 is 23.6 Å². The first-order chi connectivity index (χ1) is 12.5. The van der Waals surface area contributed by atoms with Crippen molar-refractivity contribution in [2.24, 2.45) is 0 Å². The minimum absolute atomic E-state index is 0.128. The number of piperidine rings is 1. The van der Waals surface area contributed by atoms with Gasteiger partial charge in [0.2, 0.25) is 0 Å². The SMILES string of the molecule is Cc1c(-c2ccc(Cl)cc2)n[nH]c1C(=O)N1CCC[C@]2(CNC(=O)O2)C1. The molecule has 8 heteroatoms. The summed E-state index contributed by atoms with van der Waals surface area (Å²) >= 11 is 5.94. The van der Waals surface area contributed by atoms with Gasteiger partial charge in [-0.2, -0.15) is 5.10 Å². The number of halogens is 1. The van der Waals surface area contributed by atoms with Gasteiger partial charge in [0.15, 0.2) is 0 Å². The van der Waals surface area contributed by atoms with Crippen LogP contribution in [-0.2, 0) is 4.74 Å². The summed E-state index contributed by atoms with van der Waals surface area (Å²) in [6.45, 7) is 3.33. The second-order valence-corrected chi connectivity index (χ2v) is 7.27. The molecule has 1 atom stereocenters. The van der Waals surface area contributed by atoms with Crippen molar-refractivity contribution < 1.29 is 14.3 Å². The Morgan fingerprint density at radius 2 is 2.12 bits per heavy atom. The van der Waals surface area contributed by atoms with Gasteiger partial charge in [-0.15, -0.1) is 0 Å². The molecule has 136 valence electrons. The van der Waals surface area contributed by atoms with E-state index < -0.39 is 11.7 Å². The zero-order valence-electron chi connectivity index (χ0n) is 14.3. The van der Waals surface area contributed by atoms with E-state index in [9.17, 15) is 9.59 Å². The number of alkyl carbamates (subject to hydrolysis) is 1. The second-order valence-electron chi connectivity index (χ2n) is 6.84. The Bertz CT molecular complexity index is 864. The highest BCUT2D eigenvalue weighted by Crippen LogP contribution is 2.30. The van der Waals surface area contributed by atoms with Crippen LogP contribution < -0.4 is 5.32 Å². The molecular weight excluding hydrogens is 356 g/mol. The normalized spacial score (nSPS) is 22.4. The van der Waals surface area contributed by atoms with Gasteiger partial charge in [-0.3, -0.25) is 9.89 Å². The molecule has 3 heterocycles. The summed E-state index contributed by atoms with van der Waals surface area (Å²) in [5, 5.41) is 10.5. The molecule has 2 N–H and O–H groups in total. The number of carbonyl (C=O) groups is 2. The van der Waals surface area contributed by atoms with E-state index in [1.165, 1.54) is 0 Å². The number of H-pyrrole nitrogens is 1. The molecule has 0 saturated carbocycles. The number of benzene rings is 1. The number of aromatic nitrogens is 2. The van der Waals surface area contributed by atoms with Crippen LogP contribution in [0, 0.1) is 6.92 Å². The number of aromatic amines is 1. The molecule has 2 saturated heterocycles. The van der Waals surface area contributed by atoms with Gasteiger partial charge in [0.05, 0.1) is 18.8 Å². The number of nitrogens with one attached hydrogen (secondary N) is 2. The predicted octanol–water partition coefficient (Wildman–Crippen LogP) is 2.75. The number of hydrogen-bond donors (Lipinski definition) is 2. The van der Waals surface area contributed by atoms with E-state index in [2.05, 4.69) is 15.5 Å². The maximum atomic E-state index is 13.0. The third kappa shape index (κ3) is 2.92. The molecule has 26 heavy (non-hydrogen) atoms. The zero-order valence-corrected chi connectivity index (χ0v) is 15.1. The molecule has 0 radical (unpaired) electrons. The molecule has 0 unspecified atom stereocenters. The molecule has 2 aliphatic heterocycles. The largest absolute Gasteiger partial charge is 0.439 e. The van der Waals surface area contributed by atoms with Gasteiger partial charge >= 0.3 is 6.09 Å². The summed E-state index contributed by atoms with van der Waals surface area (Å²) in [5.41, 5.74) is 2.26. The fourth-order valence-corrected chi connectivity index (χ4v) is 3.78. The summed E-state index contributed by atoms with van der Waals surface area (Å²) in [7, 11) is 0. The van der Waals surface area contributed by atoms with Crippen molar-refractivity contribution in [2.75, 3.05) is 19.6 Å². The lowest BCUT2D eigenvalue weighted by atomic mass is 9.92. The van der Waals surface area contributed by atoms with Crippen molar-refractivity contribution in [2.45, 2.75) is 25.4 Å². The highest BCUT2D eigenvalue weighted by molar-refractivity contribution is 6.30. The molecule has 2 fully saturated rings. The summed E-state index contributed by atoms with van der Waals surface area (Å²) in [4.78, 5) is 26.2. The summed E-state index contributed by atoms with van der Waals surface area (Å²) in [6, 6.07) is 7.34. The lowest BCUT2D eigenvalue weighted by molar-refractivity contribution is -0.00526. The Balaban J connectivity index is 1.57. The highest BCUT2D eigenvalue weighted by Gasteiger charge is 2.45. The molecule has 2 aromatic rings. The molecule has 1 spiro atoms. The van der Waals surface area contributed by atoms with E-state index in [-0.39, 0.29) is 5.91 Å². The standard InChI is InChI=1S/C18H19ClN4O3/c1-11-14(12-3-5-13(19)6-4-12)21-22-15(11)16(24)23-8-2-7-18(10-23)9-20-17(25)26-18/h3-6H,2,7-10H2,1H3,(H,20,25)(H,21,22)/t18-/m0/s1. The summed E-state index contributed by atoms with van der Waals surface area (Å²) in [6.07, 6.45) is 1.13. The molecule has 0 aliphatic carbocycles. The maximum Gasteiger partial charge on any atom is 0.407 e. The Morgan fingerprint density at radius 1 is 1.35 bits per heavy atom. The molecule has 1 aromatic heterocycles. The van der Waals surface area contributed by atoms with Crippen LogP contribution in [0.3, 0.4) is 0 Å². The number of nitrogens with zero attached hydrogens (tertiary/aromatic N) is 2. The lowest BCUT2D eigenvalue weighted by Gasteiger charge is -2.38. The Hall–Kier alpha value is -2.54. The van der Waals surface area contributed by atoms with Crippen LogP contribution in [0.25, 0.3) is 11.3 Å². The summed E-state index contributed by atoms with van der Waals surface area (Å²) in [5.74, 6) is -0.128. The van der Waals surface area contributed by atoms with Gasteiger partial charge in [-0.25, -0.2) is 4.79 Å². The predicted molar refractivity (Wildman–Crippen MR) is 96.1 cm³/mol. The molecule has 4 rings (SSSR count). The number of rotatable bonds is 2. The highest BCUT2D eigenvalue weighted by atomic mass is 35.5. The first-order valence-electron chi connectivity index (χ1n) is 8.54. The third-order valence-corrected chi connectivity index (χ3v) is 5.28. The average Bonchev–Trinajstić information content (AvgIpc) is 3.18. The van der Waals surface area contributed by atoms with Crippen LogP contribution in [0.1, 0.15) is 28.9 Å². The van der Waals surface area contributed by atoms with Crippen molar-refractivity contribution in [1.29, 1.82) is 0 Å². The zero-order chi connectivity index (χ0) is 18.3. The average molecular weight is 375 g/mol. The summed E-state index contributed by atoms with van der Waals surface area (Å²) < 4.78 is 5.44. The van der Waals surface area contributed by atoms with E-state index in [0.29, 0.717) is 30.4 Å². The molecular formula is C18H19ClN4O3. The van der Waals surface area contributed by atoms with E-state index in [0.717, 1.165) is 29.7 Å². The number of amides is 2. The van der Waals surface area contributed by atoms with E-state index in [1.54, 1.807) is 17.0 Å². The van der Waals surface area contributed by atoms with Gasteiger partial charge in [0.1, 0.15) is 11.3 Å². The number of likely N-dealkylation sites (tertiary alicyclic amines) is 1. The van der Waals surface area contributed by atoms with Crippen LogP contribution in [0.2, 0.25) is 5.02 Å². The van der Waals surface area contributed by atoms with E-state index in [1.807, 2.05) is 19.1 Å². The Morgan fingerprint density at radius 3 is 2.81 bits per heavy atom. The number of hydrogen-bond acceptors (Lipinski definition) is 4. The van der Waals surface area contributed by atoms with Crippen molar-refractivity contribution in [3.63, 3.8) is 0 Å². The minimum Gasteiger partial charge on any atom is -0.439 e. The topological polar surface area (TPSA) is 87.3 Å². The van der Waals surface area contributed by atoms with E-state index >= 15 is 0 Å². The van der Waals surface area contributed by atoms with Crippen molar-refractivity contribution in [3.05, 3.63) is 40.5 Å². The lowest BCUT2D eigenvalue weighted by Crippen LogP contribution is -2.52. The van der Waals surface area contributed by atoms with Gasteiger partial charge < -0.3 is 15.0 Å². The van der Waals surface area contributed by atoms with Crippen LogP contribution in [0.15, 0.2) is 24.3 Å². The number of ether oxygens (including phenoxy) is 1.